The summed E-state index contributed by atoms with van der Waals surface area (Å²) in [5, 5.41) is 2.42. The van der Waals surface area contributed by atoms with E-state index >= 15 is 0 Å². The van der Waals surface area contributed by atoms with Crippen LogP contribution in [0.4, 0.5) is 9.18 Å². The lowest BCUT2D eigenvalue weighted by Crippen LogP contribution is -2.53. The van der Waals surface area contributed by atoms with Gasteiger partial charge in [-0.25, -0.2) is 9.18 Å². The topological polar surface area (TPSA) is 82.2 Å². The average molecular weight is 364 g/mol. The van der Waals surface area contributed by atoms with Crippen molar-refractivity contribution >= 4 is 17.8 Å². The molecule has 1 unspecified atom stereocenters. The Morgan fingerprint density at radius 3 is 2.69 bits per heavy atom. The van der Waals surface area contributed by atoms with Gasteiger partial charge < -0.3 is 15.0 Å². The summed E-state index contributed by atoms with van der Waals surface area (Å²) in [5.74, 6) is -0.466. The number of fused-ring (bicyclic) bond motifs is 1. The van der Waals surface area contributed by atoms with Gasteiger partial charge in [0.2, 0.25) is 5.91 Å². The quantitative estimate of drug-likeness (QED) is 0.713. The molecule has 4 amide bonds. The molecule has 0 radical (unpaired) electrons. The Balaban J connectivity index is 1.52. The molecule has 0 spiro atoms. The highest BCUT2D eigenvalue weighted by Crippen LogP contribution is 2.22. The van der Waals surface area contributed by atoms with Crippen molar-refractivity contribution < 1.29 is 23.5 Å². The molecule has 1 aromatic carbocycles. The summed E-state index contributed by atoms with van der Waals surface area (Å²) >= 11 is 0. The molecule has 9 heteroatoms. The molecular formula is C17H21FN4O4. The first-order valence-corrected chi connectivity index (χ1v) is 8.43. The van der Waals surface area contributed by atoms with E-state index in [9.17, 15) is 18.8 Å². The van der Waals surface area contributed by atoms with Crippen molar-refractivity contribution in [3.05, 3.63) is 30.1 Å². The van der Waals surface area contributed by atoms with Crippen LogP contribution in [0.3, 0.4) is 0 Å². The van der Waals surface area contributed by atoms with E-state index in [1.54, 1.807) is 12.1 Å². The van der Waals surface area contributed by atoms with E-state index in [0.29, 0.717) is 38.5 Å². The average Bonchev–Trinajstić information content (AvgIpc) is 2.88. The third-order valence-electron chi connectivity index (χ3n) is 4.56. The van der Waals surface area contributed by atoms with E-state index in [4.69, 9.17) is 4.74 Å². The Hall–Kier alpha value is -2.68. The summed E-state index contributed by atoms with van der Waals surface area (Å²) in [6.45, 7) is 2.17. The number of nitrogens with one attached hydrogen (secondary N) is 1. The number of ether oxygens (including phenoxy) is 1. The first kappa shape index (κ1) is 18.1. The van der Waals surface area contributed by atoms with Crippen LogP contribution < -0.4 is 10.1 Å². The second-order valence-electron chi connectivity index (χ2n) is 6.19. The number of hydrogen-bond donors (Lipinski definition) is 1. The van der Waals surface area contributed by atoms with Crippen molar-refractivity contribution in [1.29, 1.82) is 0 Å². The molecule has 0 aromatic heterocycles. The van der Waals surface area contributed by atoms with Crippen LogP contribution in [0.2, 0.25) is 0 Å². The van der Waals surface area contributed by atoms with Gasteiger partial charge >= 0.3 is 6.03 Å². The summed E-state index contributed by atoms with van der Waals surface area (Å²) < 4.78 is 18.4. The van der Waals surface area contributed by atoms with E-state index in [0.717, 1.165) is 4.90 Å². The van der Waals surface area contributed by atoms with Crippen molar-refractivity contribution in [3.63, 3.8) is 0 Å². The van der Waals surface area contributed by atoms with Crippen LogP contribution in [0.25, 0.3) is 0 Å². The lowest BCUT2D eigenvalue weighted by atomic mass is 10.2. The van der Waals surface area contributed by atoms with E-state index in [1.807, 2.05) is 4.90 Å². The number of carbonyl (C=O) groups is 3. The zero-order chi connectivity index (χ0) is 18.7. The largest absolute Gasteiger partial charge is 0.492 e. The standard InChI is InChI=1S/C17H21FN4O4/c1-19-15(23)11-22-16(24)14-10-20(6-7-21(14)17(22)25)8-9-26-13-4-2-12(18)3-5-13/h2-5,14H,6-11H2,1H3,(H,19,23). The maximum atomic E-state index is 12.9. The zero-order valence-electron chi connectivity index (χ0n) is 14.5. The highest BCUT2D eigenvalue weighted by molar-refractivity contribution is 6.06. The van der Waals surface area contributed by atoms with E-state index in [1.165, 1.54) is 24.1 Å². The number of carbonyl (C=O) groups excluding carboxylic acids is 3. The van der Waals surface area contributed by atoms with Gasteiger partial charge in [0.15, 0.2) is 0 Å². The molecule has 2 aliphatic heterocycles. The predicted octanol–water partition coefficient (Wildman–Crippen LogP) is -0.101. The highest BCUT2D eigenvalue weighted by Gasteiger charge is 2.47. The van der Waals surface area contributed by atoms with Gasteiger partial charge in [0.25, 0.3) is 5.91 Å². The van der Waals surface area contributed by atoms with Crippen LogP contribution >= 0.6 is 0 Å². The van der Waals surface area contributed by atoms with Gasteiger partial charge in [0.05, 0.1) is 0 Å². The van der Waals surface area contributed by atoms with Crippen LogP contribution in [0, 0.1) is 5.82 Å². The number of halogens is 1. The van der Waals surface area contributed by atoms with E-state index in [2.05, 4.69) is 5.32 Å². The lowest BCUT2D eigenvalue weighted by Gasteiger charge is -2.35. The van der Waals surface area contributed by atoms with Gasteiger partial charge in [-0.1, -0.05) is 0 Å². The smallest absolute Gasteiger partial charge is 0.328 e. The minimum absolute atomic E-state index is 0.255. The second kappa shape index (κ2) is 7.69. The van der Waals surface area contributed by atoms with Crippen molar-refractivity contribution in [2.75, 3.05) is 46.4 Å². The molecule has 26 heavy (non-hydrogen) atoms. The number of nitrogens with zero attached hydrogens (tertiary/aromatic N) is 3. The SMILES string of the molecule is CNC(=O)CN1C(=O)C2CN(CCOc3ccc(F)cc3)CCN2C1=O. The number of amides is 4. The molecule has 1 aromatic rings. The van der Waals surface area contributed by atoms with Crippen LogP contribution in [-0.4, -0.2) is 85.0 Å². The third kappa shape index (κ3) is 3.77. The minimum atomic E-state index is -0.563. The molecule has 3 rings (SSSR count). The second-order valence-corrected chi connectivity index (χ2v) is 6.19. The number of urea groups is 1. The summed E-state index contributed by atoms with van der Waals surface area (Å²) in [5.41, 5.74) is 0. The molecule has 2 aliphatic rings. The number of likely N-dealkylation sites (N-methyl/N-ethyl adjacent to an activating group) is 1. The van der Waals surface area contributed by atoms with Crippen LogP contribution in [0.5, 0.6) is 5.75 Å². The van der Waals surface area contributed by atoms with Crippen molar-refractivity contribution in [2.45, 2.75) is 6.04 Å². The molecule has 0 bridgehead atoms. The third-order valence-corrected chi connectivity index (χ3v) is 4.56. The lowest BCUT2D eigenvalue weighted by molar-refractivity contribution is -0.133. The van der Waals surface area contributed by atoms with Gasteiger partial charge in [-0.2, -0.15) is 0 Å². The Morgan fingerprint density at radius 1 is 1.27 bits per heavy atom. The molecule has 0 saturated carbocycles. The van der Waals surface area contributed by atoms with Gasteiger partial charge in [0, 0.05) is 33.2 Å². The highest BCUT2D eigenvalue weighted by atomic mass is 19.1. The minimum Gasteiger partial charge on any atom is -0.492 e. The Labute approximate surface area is 150 Å². The predicted molar refractivity (Wildman–Crippen MR) is 90.0 cm³/mol. The normalized spacial score (nSPS) is 20.3. The molecule has 2 fully saturated rings. The van der Waals surface area contributed by atoms with Gasteiger partial charge in [0.1, 0.15) is 30.8 Å². The fraction of sp³-hybridized carbons (Fsp3) is 0.471. The molecule has 0 aliphatic carbocycles. The number of benzene rings is 1. The van der Waals surface area contributed by atoms with Crippen molar-refractivity contribution in [1.82, 2.24) is 20.0 Å². The van der Waals surface area contributed by atoms with Crippen LogP contribution in [-0.2, 0) is 9.59 Å². The Bertz CT molecular complexity index is 697. The molecule has 2 heterocycles. The maximum absolute atomic E-state index is 12.9. The van der Waals surface area contributed by atoms with E-state index in [-0.39, 0.29) is 24.2 Å². The Kier molecular flexibility index (Phi) is 5.36. The number of piperazine rings is 1. The molecule has 2 saturated heterocycles. The molecule has 1 N–H and O–H groups in total. The summed E-state index contributed by atoms with van der Waals surface area (Å²) in [7, 11) is 1.46. The number of hydrogen-bond acceptors (Lipinski definition) is 5. The Morgan fingerprint density at radius 2 is 2.00 bits per heavy atom. The maximum Gasteiger partial charge on any atom is 0.328 e. The van der Waals surface area contributed by atoms with E-state index < -0.39 is 12.1 Å². The first-order valence-electron chi connectivity index (χ1n) is 8.43. The summed E-state index contributed by atoms with van der Waals surface area (Å²) in [4.78, 5) is 40.8. The molecule has 8 nitrogen and oxygen atoms in total. The monoisotopic (exact) mass is 364 g/mol. The van der Waals surface area contributed by atoms with Crippen LogP contribution in [0.1, 0.15) is 0 Å². The number of imide groups is 1. The van der Waals surface area contributed by atoms with Gasteiger partial charge in [-0.15, -0.1) is 0 Å². The van der Waals surface area contributed by atoms with Gasteiger partial charge in [-0.3, -0.25) is 19.4 Å². The molecule has 140 valence electrons. The molecular weight excluding hydrogens is 343 g/mol. The first-order chi connectivity index (χ1) is 12.5. The number of rotatable bonds is 6. The van der Waals surface area contributed by atoms with Crippen LogP contribution in [0.15, 0.2) is 24.3 Å². The fourth-order valence-electron chi connectivity index (χ4n) is 3.10. The zero-order valence-corrected chi connectivity index (χ0v) is 14.5. The fourth-order valence-corrected chi connectivity index (χ4v) is 3.10. The molecule has 1 atom stereocenters. The summed E-state index contributed by atoms with van der Waals surface area (Å²) in [6, 6.07) is 4.81. The summed E-state index contributed by atoms with van der Waals surface area (Å²) in [6.07, 6.45) is 0. The van der Waals surface area contributed by atoms with Crippen molar-refractivity contribution in [2.24, 2.45) is 0 Å². The van der Waals surface area contributed by atoms with Gasteiger partial charge in [-0.05, 0) is 24.3 Å². The van der Waals surface area contributed by atoms with Crippen molar-refractivity contribution in [3.8, 4) is 5.75 Å².